The predicted octanol–water partition coefficient (Wildman–Crippen LogP) is -1.35. The van der Waals surface area contributed by atoms with E-state index in [1.165, 1.54) is 0 Å². The first-order valence-corrected chi connectivity index (χ1v) is 16.1. The molecule has 9 heavy (non-hydrogen) atoms. The van der Waals surface area contributed by atoms with Crippen LogP contribution >= 0.6 is 0 Å². The van der Waals surface area contributed by atoms with Crippen LogP contribution in [-0.2, 0) is 6.03 Å². The van der Waals surface area contributed by atoms with E-state index in [9.17, 15) is 0 Å². The van der Waals surface area contributed by atoms with Crippen LogP contribution in [0.3, 0.4) is 0 Å². The minimum atomic E-state index is -0.563. The fraction of sp³-hybridized carbons (Fsp3) is 1.00. The molecule has 0 amide bonds. The van der Waals surface area contributed by atoms with E-state index < -0.39 is 35.8 Å². The molecular weight excluding hydrogens is 340 g/mol. The molecule has 0 rings (SSSR count). The molecule has 56 valence electrons. The van der Waals surface area contributed by atoms with Gasteiger partial charge in [-0.1, -0.05) is 0 Å². The summed E-state index contributed by atoms with van der Waals surface area (Å²) in [7, 11) is 0. The molecule has 0 aromatic rings. The van der Waals surface area contributed by atoms with Gasteiger partial charge in [-0.15, -0.1) is 0 Å². The summed E-state index contributed by atoms with van der Waals surface area (Å²) in [4.78, 5) is 0. The van der Waals surface area contributed by atoms with Crippen LogP contribution in [0.1, 0.15) is 6.92 Å². The first-order valence-electron chi connectivity index (χ1n) is 2.76. The molecule has 0 aliphatic rings. The Balaban J connectivity index is 2.60. The van der Waals surface area contributed by atoms with Crippen LogP contribution in [-0.4, -0.2) is 60.7 Å². The predicted molar refractivity (Wildman–Crippen MR) is 39.0 cm³/mol. The van der Waals surface area contributed by atoms with Gasteiger partial charge in [0.05, 0.1) is 0 Å². The molecule has 0 radical (unpaired) electrons. The van der Waals surface area contributed by atoms with E-state index in [0.29, 0.717) is 6.61 Å². The second-order valence-electron chi connectivity index (χ2n) is 1.21. The average Bonchev–Trinajstić information content (AvgIpc) is 1.89. The maximum absolute atomic E-state index is 8.30. The van der Waals surface area contributed by atoms with Gasteiger partial charge in [0.2, 0.25) is 0 Å². The monoisotopic (exact) mass is 350 g/mol. The number of aliphatic hydroxyl groups excluding tert-OH is 1. The van der Waals surface area contributed by atoms with Gasteiger partial charge in [-0.05, 0) is 0 Å². The van der Waals surface area contributed by atoms with E-state index >= 15 is 0 Å². The summed E-state index contributed by atoms with van der Waals surface area (Å²) in [5.41, 5.74) is 0. The normalized spacial score (nSPS) is 10.0. The van der Waals surface area contributed by atoms with Gasteiger partial charge >= 0.3 is 73.7 Å². The van der Waals surface area contributed by atoms with Crippen molar-refractivity contribution in [3.8, 4) is 0 Å². The fourth-order valence-electron chi connectivity index (χ4n) is 0.228. The molecular formula is C4H12O3Sb2. The topological polar surface area (TPSA) is 38.7 Å². The molecule has 5 heteroatoms. The molecule has 0 spiro atoms. The summed E-state index contributed by atoms with van der Waals surface area (Å²) in [6.45, 7) is 3.54. The first kappa shape index (κ1) is 10.5. The Bertz CT molecular complexity index is 47.1. The molecule has 3 nitrogen and oxygen atoms in total. The summed E-state index contributed by atoms with van der Waals surface area (Å²) in [6.07, 6.45) is 0. The van der Waals surface area contributed by atoms with Crippen molar-refractivity contribution < 1.29 is 11.1 Å². The quantitative estimate of drug-likeness (QED) is 0.475. The standard InChI is InChI=1S/C2H5O2.C2H5O.2Sb.2H/c3-1-2-4;1-2-3;;;;/h3H,1-2H2;2H2,1H3;;;;/q2*-1;2*+1;;. The molecule has 0 aromatic carbocycles. The summed E-state index contributed by atoms with van der Waals surface area (Å²) in [5, 5.41) is 8.30. The van der Waals surface area contributed by atoms with Crippen molar-refractivity contribution >= 4 is 35.8 Å². The van der Waals surface area contributed by atoms with Crippen LogP contribution in [0.15, 0.2) is 0 Å². The second kappa shape index (κ2) is 9.52. The molecule has 0 bridgehead atoms. The molecule has 0 fully saturated rings. The zero-order chi connectivity index (χ0) is 6.95. The first-order chi connectivity index (χ1) is 4.41. The van der Waals surface area contributed by atoms with Gasteiger partial charge in [-0.3, -0.25) is 0 Å². The maximum atomic E-state index is 8.30. The summed E-state index contributed by atoms with van der Waals surface area (Å²) in [5.74, 6) is 0. The van der Waals surface area contributed by atoms with Crippen molar-refractivity contribution in [1.82, 2.24) is 0 Å². The van der Waals surface area contributed by atoms with Crippen molar-refractivity contribution in [2.45, 2.75) is 6.92 Å². The molecule has 0 aliphatic carbocycles. The molecule has 0 saturated carbocycles. The minimum absolute atomic E-state index is 0.159. The van der Waals surface area contributed by atoms with Gasteiger partial charge in [-0.2, -0.15) is 0 Å². The Labute approximate surface area is 73.1 Å². The number of rotatable bonds is 6. The van der Waals surface area contributed by atoms with E-state index in [1.807, 2.05) is 6.92 Å². The van der Waals surface area contributed by atoms with Crippen molar-refractivity contribution in [3.05, 3.63) is 0 Å². The summed E-state index contributed by atoms with van der Waals surface area (Å²) >= 11 is -1.07. The van der Waals surface area contributed by atoms with Crippen molar-refractivity contribution in [2.75, 3.05) is 19.8 Å². The number of aliphatic hydroxyl groups is 1. The average molecular weight is 352 g/mol. The van der Waals surface area contributed by atoms with E-state index in [2.05, 4.69) is 0 Å². The van der Waals surface area contributed by atoms with Gasteiger partial charge in [0, 0.05) is 0 Å². The van der Waals surface area contributed by atoms with E-state index in [0.717, 1.165) is 6.61 Å². The molecule has 0 aliphatic heterocycles. The van der Waals surface area contributed by atoms with Crippen LogP contribution in [0, 0.1) is 0 Å². The second-order valence-corrected chi connectivity index (χ2v) is 11.8. The Morgan fingerprint density at radius 3 is 2.56 bits per heavy atom. The third-order valence-corrected chi connectivity index (χ3v) is 10.1. The van der Waals surface area contributed by atoms with E-state index in [4.69, 9.17) is 11.1 Å². The van der Waals surface area contributed by atoms with Crippen LogP contribution in [0.5, 0.6) is 0 Å². The summed E-state index contributed by atoms with van der Waals surface area (Å²) in [6, 6.07) is 0. The van der Waals surface area contributed by atoms with Crippen molar-refractivity contribution in [1.29, 1.82) is 0 Å². The molecule has 0 aromatic heterocycles. The van der Waals surface area contributed by atoms with Crippen LogP contribution in [0.4, 0.5) is 0 Å². The number of hydrogen-bond donors (Lipinski definition) is 1. The zero-order valence-electron chi connectivity index (χ0n) is 5.39. The SMILES string of the molecule is CC[O][SbH][SbH][O]CCO. The Morgan fingerprint density at radius 2 is 2.00 bits per heavy atom. The third kappa shape index (κ3) is 9.52. The van der Waals surface area contributed by atoms with Crippen molar-refractivity contribution in [3.63, 3.8) is 0 Å². The molecule has 0 atom stereocenters. The Hall–Kier alpha value is 1.52. The van der Waals surface area contributed by atoms with E-state index in [-0.39, 0.29) is 6.61 Å². The molecule has 0 unspecified atom stereocenters. The third-order valence-electron chi connectivity index (χ3n) is 0.524. The van der Waals surface area contributed by atoms with Crippen LogP contribution in [0.2, 0.25) is 0 Å². The molecule has 1 N–H and O–H groups in total. The Kier molecular flexibility index (Phi) is 11.1. The zero-order valence-corrected chi connectivity index (χ0v) is 11.1. The molecule has 0 heterocycles. The van der Waals surface area contributed by atoms with Gasteiger partial charge in [-0.25, -0.2) is 0 Å². The molecule has 0 saturated heterocycles. The Morgan fingerprint density at radius 1 is 1.33 bits per heavy atom. The summed E-state index contributed by atoms with van der Waals surface area (Å²) < 4.78 is 10.4. The fourth-order valence-corrected chi connectivity index (χ4v) is 8.50. The van der Waals surface area contributed by atoms with Crippen molar-refractivity contribution in [2.24, 2.45) is 0 Å². The van der Waals surface area contributed by atoms with Gasteiger partial charge in [0.25, 0.3) is 0 Å². The van der Waals surface area contributed by atoms with Crippen LogP contribution < -0.4 is 0 Å². The van der Waals surface area contributed by atoms with Gasteiger partial charge in [0.1, 0.15) is 0 Å². The van der Waals surface area contributed by atoms with Crippen LogP contribution in [0.25, 0.3) is 0 Å². The number of hydrogen-bond acceptors (Lipinski definition) is 3. The van der Waals surface area contributed by atoms with Gasteiger partial charge in [0.15, 0.2) is 0 Å². The van der Waals surface area contributed by atoms with E-state index in [1.54, 1.807) is 0 Å². The van der Waals surface area contributed by atoms with Gasteiger partial charge < -0.3 is 0 Å².